The topological polar surface area (TPSA) is 43.4 Å². The summed E-state index contributed by atoms with van der Waals surface area (Å²) in [5.74, 6) is 0.702. The molecule has 0 saturated heterocycles. The molecule has 0 radical (unpaired) electrons. The molecule has 16 heavy (non-hydrogen) atoms. The highest BCUT2D eigenvalue weighted by molar-refractivity contribution is 9.10. The number of ether oxygens (including phenoxy) is 1. The Hall–Kier alpha value is -0.550. The number of halogens is 1. The molecule has 0 bridgehead atoms. The molecule has 0 N–H and O–H groups in total. The standard InChI is InChI=1S/C11H13BrO3S/c1-15-11-5-2-9(12)6-8(11)7-16(13,14)10-3-4-10/h2,5-6,10H,3-4,7H2,1H3. The van der Waals surface area contributed by atoms with Crippen LogP contribution in [-0.2, 0) is 15.6 Å². The molecule has 1 fully saturated rings. The van der Waals surface area contributed by atoms with Gasteiger partial charge in [0.15, 0.2) is 9.84 Å². The number of rotatable bonds is 4. The van der Waals surface area contributed by atoms with Gasteiger partial charge in [-0.3, -0.25) is 0 Å². The first-order chi connectivity index (χ1) is 7.53. The maximum atomic E-state index is 11.9. The average molecular weight is 305 g/mol. The molecule has 1 aromatic rings. The lowest BCUT2D eigenvalue weighted by Crippen LogP contribution is -2.10. The summed E-state index contributed by atoms with van der Waals surface area (Å²) in [5.41, 5.74) is 0.726. The molecule has 0 atom stereocenters. The smallest absolute Gasteiger partial charge is 0.157 e. The van der Waals surface area contributed by atoms with Gasteiger partial charge in [-0.25, -0.2) is 8.42 Å². The van der Waals surface area contributed by atoms with Crippen molar-refractivity contribution in [3.63, 3.8) is 0 Å². The van der Waals surface area contributed by atoms with Crippen molar-refractivity contribution < 1.29 is 13.2 Å². The van der Waals surface area contributed by atoms with Crippen LogP contribution in [0.25, 0.3) is 0 Å². The fraction of sp³-hybridized carbons (Fsp3) is 0.455. The molecule has 0 heterocycles. The number of hydrogen-bond donors (Lipinski definition) is 0. The Labute approximate surface area is 104 Å². The van der Waals surface area contributed by atoms with Gasteiger partial charge in [0.05, 0.1) is 18.1 Å². The Kier molecular flexibility index (Phi) is 3.26. The molecule has 0 amide bonds. The normalized spacial score (nSPS) is 16.1. The van der Waals surface area contributed by atoms with Gasteiger partial charge < -0.3 is 4.74 Å². The summed E-state index contributed by atoms with van der Waals surface area (Å²) in [7, 11) is -1.44. The molecule has 0 aromatic heterocycles. The summed E-state index contributed by atoms with van der Waals surface area (Å²) in [6.45, 7) is 0. The zero-order chi connectivity index (χ0) is 11.8. The maximum Gasteiger partial charge on any atom is 0.157 e. The van der Waals surface area contributed by atoms with Crippen LogP contribution in [-0.4, -0.2) is 20.8 Å². The van der Waals surface area contributed by atoms with Crippen molar-refractivity contribution in [2.45, 2.75) is 23.8 Å². The first-order valence-corrected chi connectivity index (χ1v) is 7.58. The molecule has 2 rings (SSSR count). The second-order valence-electron chi connectivity index (χ2n) is 3.96. The van der Waals surface area contributed by atoms with E-state index in [9.17, 15) is 8.42 Å². The van der Waals surface area contributed by atoms with Crippen LogP contribution >= 0.6 is 15.9 Å². The third kappa shape index (κ3) is 2.58. The quantitative estimate of drug-likeness (QED) is 0.858. The lowest BCUT2D eigenvalue weighted by molar-refractivity contribution is 0.411. The Morgan fingerprint density at radius 1 is 1.44 bits per heavy atom. The van der Waals surface area contributed by atoms with Crippen molar-refractivity contribution >= 4 is 25.8 Å². The van der Waals surface area contributed by atoms with E-state index >= 15 is 0 Å². The number of methoxy groups -OCH3 is 1. The molecule has 5 heteroatoms. The highest BCUT2D eigenvalue weighted by Crippen LogP contribution is 2.33. The highest BCUT2D eigenvalue weighted by Gasteiger charge is 2.35. The molecule has 0 unspecified atom stereocenters. The van der Waals surface area contributed by atoms with E-state index in [1.807, 2.05) is 6.07 Å². The van der Waals surface area contributed by atoms with Gasteiger partial charge in [-0.2, -0.15) is 0 Å². The van der Waals surface area contributed by atoms with Crippen LogP contribution in [0.1, 0.15) is 18.4 Å². The fourth-order valence-electron chi connectivity index (χ4n) is 1.62. The molecular formula is C11H13BrO3S. The second kappa shape index (κ2) is 4.37. The van der Waals surface area contributed by atoms with E-state index in [1.54, 1.807) is 19.2 Å². The van der Waals surface area contributed by atoms with Crippen LogP contribution < -0.4 is 4.74 Å². The lowest BCUT2D eigenvalue weighted by atomic mass is 10.2. The molecule has 1 aromatic carbocycles. The van der Waals surface area contributed by atoms with Crippen molar-refractivity contribution in [1.29, 1.82) is 0 Å². The van der Waals surface area contributed by atoms with Crippen LogP contribution in [0.3, 0.4) is 0 Å². The zero-order valence-electron chi connectivity index (χ0n) is 8.94. The highest BCUT2D eigenvalue weighted by atomic mass is 79.9. The van der Waals surface area contributed by atoms with Crippen LogP contribution in [0.2, 0.25) is 0 Å². The number of sulfone groups is 1. The first-order valence-electron chi connectivity index (χ1n) is 5.07. The third-order valence-corrected chi connectivity index (χ3v) is 5.33. The van der Waals surface area contributed by atoms with Crippen LogP contribution in [0, 0.1) is 0 Å². The van der Waals surface area contributed by atoms with Gasteiger partial charge in [0, 0.05) is 10.0 Å². The Morgan fingerprint density at radius 2 is 2.12 bits per heavy atom. The third-order valence-electron chi connectivity index (χ3n) is 2.63. The number of benzene rings is 1. The molecule has 1 saturated carbocycles. The van der Waals surface area contributed by atoms with Crippen LogP contribution in [0.4, 0.5) is 0 Å². The summed E-state index contributed by atoms with van der Waals surface area (Å²) >= 11 is 3.34. The summed E-state index contributed by atoms with van der Waals surface area (Å²) in [6.07, 6.45) is 1.61. The van der Waals surface area contributed by atoms with E-state index in [-0.39, 0.29) is 11.0 Å². The molecule has 1 aliphatic carbocycles. The minimum absolute atomic E-state index is 0.0697. The van der Waals surface area contributed by atoms with E-state index in [4.69, 9.17) is 4.74 Å². The van der Waals surface area contributed by atoms with Gasteiger partial charge in [-0.1, -0.05) is 15.9 Å². The van der Waals surface area contributed by atoms with Crippen molar-refractivity contribution in [1.82, 2.24) is 0 Å². The van der Waals surface area contributed by atoms with Gasteiger partial charge in [-0.15, -0.1) is 0 Å². The molecule has 1 aliphatic rings. The minimum Gasteiger partial charge on any atom is -0.496 e. The van der Waals surface area contributed by atoms with Crippen molar-refractivity contribution in [2.24, 2.45) is 0 Å². The van der Waals surface area contributed by atoms with Crippen LogP contribution in [0.5, 0.6) is 5.75 Å². The monoisotopic (exact) mass is 304 g/mol. The molecular weight excluding hydrogens is 292 g/mol. The van der Waals surface area contributed by atoms with E-state index in [0.29, 0.717) is 5.75 Å². The molecule has 0 spiro atoms. The van der Waals surface area contributed by atoms with Gasteiger partial charge in [0.1, 0.15) is 5.75 Å². The Bertz CT molecular complexity index is 492. The molecule has 0 aliphatic heterocycles. The fourth-order valence-corrected chi connectivity index (χ4v) is 3.78. The average Bonchev–Trinajstić information content (AvgIpc) is 3.00. The SMILES string of the molecule is COc1ccc(Br)cc1CS(=O)(=O)C1CC1. The minimum atomic E-state index is -2.99. The molecule has 3 nitrogen and oxygen atoms in total. The maximum absolute atomic E-state index is 11.9. The van der Waals surface area contributed by atoms with Crippen LogP contribution in [0.15, 0.2) is 22.7 Å². The van der Waals surface area contributed by atoms with Crippen molar-refractivity contribution in [3.8, 4) is 5.75 Å². The van der Waals surface area contributed by atoms with Gasteiger partial charge in [-0.05, 0) is 31.0 Å². The second-order valence-corrected chi connectivity index (χ2v) is 7.16. The van der Waals surface area contributed by atoms with E-state index in [2.05, 4.69) is 15.9 Å². The van der Waals surface area contributed by atoms with E-state index in [1.165, 1.54) is 0 Å². The van der Waals surface area contributed by atoms with E-state index in [0.717, 1.165) is 22.9 Å². The summed E-state index contributed by atoms with van der Waals surface area (Å²) in [6, 6.07) is 5.42. The summed E-state index contributed by atoms with van der Waals surface area (Å²) < 4.78 is 29.8. The first kappa shape index (κ1) is 11.9. The van der Waals surface area contributed by atoms with Gasteiger partial charge in [0.2, 0.25) is 0 Å². The number of hydrogen-bond acceptors (Lipinski definition) is 3. The Balaban J connectivity index is 2.29. The van der Waals surface area contributed by atoms with Gasteiger partial charge in [0.25, 0.3) is 0 Å². The van der Waals surface area contributed by atoms with Crippen molar-refractivity contribution in [2.75, 3.05) is 7.11 Å². The predicted molar refractivity (Wildman–Crippen MR) is 66.3 cm³/mol. The van der Waals surface area contributed by atoms with Gasteiger partial charge >= 0.3 is 0 Å². The largest absolute Gasteiger partial charge is 0.496 e. The Morgan fingerprint density at radius 3 is 2.69 bits per heavy atom. The zero-order valence-corrected chi connectivity index (χ0v) is 11.3. The summed E-state index contributed by atoms with van der Waals surface area (Å²) in [5, 5.41) is -0.129. The van der Waals surface area contributed by atoms with Crippen molar-refractivity contribution in [3.05, 3.63) is 28.2 Å². The predicted octanol–water partition coefficient (Wildman–Crippen LogP) is 2.53. The van der Waals surface area contributed by atoms with E-state index < -0.39 is 9.84 Å². The molecule has 88 valence electrons. The lowest BCUT2D eigenvalue weighted by Gasteiger charge is -2.09. The summed E-state index contributed by atoms with van der Waals surface area (Å²) in [4.78, 5) is 0.